The molecule has 2 aromatic carbocycles. The van der Waals surface area contributed by atoms with Gasteiger partial charge in [0.25, 0.3) is 5.69 Å². The number of hydrogen-bond acceptors (Lipinski definition) is 5. The molecular formula is C19H25N5O3. The van der Waals surface area contributed by atoms with Gasteiger partial charge in [0, 0.05) is 38.3 Å². The van der Waals surface area contributed by atoms with Gasteiger partial charge in [0.05, 0.1) is 11.5 Å². The van der Waals surface area contributed by atoms with Crippen molar-refractivity contribution in [3.8, 4) is 5.75 Å². The lowest BCUT2D eigenvalue weighted by molar-refractivity contribution is -0.384. The standard InChI is InChI=1S/C19H25N5O3/c1-3-27-18-11-7-4-8-15(18)14-23-19(20-2)22-13-12-21-16-9-5-6-10-17(16)24(25)26/h4-11,21H,3,12-14H2,1-2H3,(H2,20,22,23). The predicted molar refractivity (Wildman–Crippen MR) is 107 cm³/mol. The Balaban J connectivity index is 1.81. The van der Waals surface area contributed by atoms with Crippen molar-refractivity contribution in [3.05, 3.63) is 64.2 Å². The highest BCUT2D eigenvalue weighted by molar-refractivity contribution is 5.79. The van der Waals surface area contributed by atoms with Gasteiger partial charge in [-0.2, -0.15) is 0 Å². The summed E-state index contributed by atoms with van der Waals surface area (Å²) in [6.07, 6.45) is 0. The summed E-state index contributed by atoms with van der Waals surface area (Å²) in [5, 5.41) is 20.5. The number of benzene rings is 2. The summed E-state index contributed by atoms with van der Waals surface area (Å²) in [5.41, 5.74) is 1.60. The molecule has 0 aliphatic heterocycles. The van der Waals surface area contributed by atoms with E-state index in [1.165, 1.54) is 6.07 Å². The smallest absolute Gasteiger partial charge is 0.292 e. The molecule has 8 heteroatoms. The lowest BCUT2D eigenvalue weighted by atomic mass is 10.2. The first-order valence-electron chi connectivity index (χ1n) is 8.78. The van der Waals surface area contributed by atoms with Crippen LogP contribution in [0.4, 0.5) is 11.4 Å². The minimum Gasteiger partial charge on any atom is -0.494 e. The molecule has 2 rings (SSSR count). The summed E-state index contributed by atoms with van der Waals surface area (Å²) in [4.78, 5) is 14.8. The van der Waals surface area contributed by atoms with Crippen LogP contribution in [0.1, 0.15) is 12.5 Å². The van der Waals surface area contributed by atoms with E-state index in [1.54, 1.807) is 25.2 Å². The second-order valence-electron chi connectivity index (χ2n) is 5.59. The largest absolute Gasteiger partial charge is 0.494 e. The molecule has 27 heavy (non-hydrogen) atoms. The van der Waals surface area contributed by atoms with Crippen LogP contribution in [0.5, 0.6) is 5.75 Å². The third-order valence-corrected chi connectivity index (χ3v) is 3.78. The van der Waals surface area contributed by atoms with Crippen LogP contribution in [0, 0.1) is 10.1 Å². The second-order valence-corrected chi connectivity index (χ2v) is 5.59. The van der Waals surface area contributed by atoms with Gasteiger partial charge in [-0.1, -0.05) is 30.3 Å². The van der Waals surface area contributed by atoms with E-state index >= 15 is 0 Å². The summed E-state index contributed by atoms with van der Waals surface area (Å²) in [6, 6.07) is 14.4. The number of aliphatic imine (C=N–C) groups is 1. The average molecular weight is 371 g/mol. The number of anilines is 1. The topological polar surface area (TPSA) is 101 Å². The van der Waals surface area contributed by atoms with Gasteiger partial charge in [0.15, 0.2) is 5.96 Å². The van der Waals surface area contributed by atoms with Crippen molar-refractivity contribution in [3.63, 3.8) is 0 Å². The van der Waals surface area contributed by atoms with Gasteiger partial charge in [-0.05, 0) is 19.1 Å². The van der Waals surface area contributed by atoms with Crippen molar-refractivity contribution >= 4 is 17.3 Å². The zero-order chi connectivity index (χ0) is 19.5. The third kappa shape index (κ3) is 6.18. The molecule has 0 amide bonds. The minimum absolute atomic E-state index is 0.0625. The molecule has 0 bridgehead atoms. The number of nitrogens with one attached hydrogen (secondary N) is 3. The monoisotopic (exact) mass is 371 g/mol. The summed E-state index contributed by atoms with van der Waals surface area (Å²) in [5.74, 6) is 1.49. The van der Waals surface area contributed by atoms with Crippen molar-refractivity contribution < 1.29 is 9.66 Å². The van der Waals surface area contributed by atoms with E-state index in [4.69, 9.17) is 4.74 Å². The normalized spacial score (nSPS) is 11.0. The highest BCUT2D eigenvalue weighted by Gasteiger charge is 2.11. The lowest BCUT2D eigenvalue weighted by Gasteiger charge is -2.14. The van der Waals surface area contributed by atoms with E-state index in [9.17, 15) is 10.1 Å². The Bertz CT molecular complexity index is 779. The van der Waals surface area contributed by atoms with E-state index in [2.05, 4.69) is 20.9 Å². The molecular weight excluding hydrogens is 346 g/mol. The Morgan fingerprint density at radius 3 is 2.59 bits per heavy atom. The zero-order valence-electron chi connectivity index (χ0n) is 15.6. The SMILES string of the molecule is CCOc1ccccc1CNC(=NC)NCCNc1ccccc1[N+](=O)[O-]. The number of para-hydroxylation sites is 3. The third-order valence-electron chi connectivity index (χ3n) is 3.78. The molecule has 0 spiro atoms. The van der Waals surface area contributed by atoms with Gasteiger partial charge < -0.3 is 20.7 Å². The maximum absolute atomic E-state index is 11.0. The zero-order valence-corrected chi connectivity index (χ0v) is 15.6. The van der Waals surface area contributed by atoms with Gasteiger partial charge in [-0.3, -0.25) is 15.1 Å². The van der Waals surface area contributed by atoms with E-state index < -0.39 is 4.92 Å². The fraction of sp³-hybridized carbons (Fsp3) is 0.316. The highest BCUT2D eigenvalue weighted by Crippen LogP contribution is 2.22. The first-order chi connectivity index (χ1) is 13.2. The molecule has 144 valence electrons. The molecule has 2 aromatic rings. The van der Waals surface area contributed by atoms with Crippen LogP contribution in [-0.2, 0) is 6.54 Å². The minimum atomic E-state index is -0.397. The van der Waals surface area contributed by atoms with Crippen LogP contribution in [0.3, 0.4) is 0 Å². The van der Waals surface area contributed by atoms with Crippen LogP contribution in [-0.4, -0.2) is 37.6 Å². The Hall–Kier alpha value is -3.29. The fourth-order valence-electron chi connectivity index (χ4n) is 2.51. The Morgan fingerprint density at radius 2 is 1.85 bits per heavy atom. The van der Waals surface area contributed by atoms with Crippen molar-refractivity contribution in [2.45, 2.75) is 13.5 Å². The average Bonchev–Trinajstić information content (AvgIpc) is 2.69. The van der Waals surface area contributed by atoms with Crippen LogP contribution in [0.15, 0.2) is 53.5 Å². The van der Waals surface area contributed by atoms with E-state index in [0.717, 1.165) is 11.3 Å². The van der Waals surface area contributed by atoms with E-state index in [0.29, 0.717) is 37.9 Å². The molecule has 8 nitrogen and oxygen atoms in total. The number of rotatable bonds is 9. The molecule has 0 unspecified atom stereocenters. The van der Waals surface area contributed by atoms with Crippen molar-refractivity contribution in [2.24, 2.45) is 4.99 Å². The Labute approximate surface area is 158 Å². The highest BCUT2D eigenvalue weighted by atomic mass is 16.6. The van der Waals surface area contributed by atoms with Crippen LogP contribution < -0.4 is 20.7 Å². The number of hydrogen-bond donors (Lipinski definition) is 3. The molecule has 3 N–H and O–H groups in total. The molecule has 0 aromatic heterocycles. The molecule has 0 atom stereocenters. The quantitative estimate of drug-likeness (QED) is 0.206. The summed E-state index contributed by atoms with van der Waals surface area (Å²) >= 11 is 0. The van der Waals surface area contributed by atoms with Crippen LogP contribution in [0.2, 0.25) is 0 Å². The maximum atomic E-state index is 11.0. The first-order valence-corrected chi connectivity index (χ1v) is 8.78. The summed E-state index contributed by atoms with van der Waals surface area (Å²) in [6.45, 7) is 4.21. The number of guanidine groups is 1. The Morgan fingerprint density at radius 1 is 1.11 bits per heavy atom. The number of nitrogens with zero attached hydrogens (tertiary/aromatic N) is 2. The van der Waals surface area contributed by atoms with Crippen LogP contribution >= 0.6 is 0 Å². The predicted octanol–water partition coefficient (Wildman–Crippen LogP) is 2.77. The molecule has 0 saturated carbocycles. The van der Waals surface area contributed by atoms with Gasteiger partial charge in [0.2, 0.25) is 0 Å². The van der Waals surface area contributed by atoms with Crippen molar-refractivity contribution in [2.75, 3.05) is 32.1 Å². The first kappa shape index (κ1) is 20.0. The number of nitro groups is 1. The summed E-state index contributed by atoms with van der Waals surface area (Å²) < 4.78 is 5.62. The number of ether oxygens (including phenoxy) is 1. The number of nitro benzene ring substituents is 1. The Kier molecular flexibility index (Phi) is 7.90. The molecule has 0 aliphatic rings. The van der Waals surface area contributed by atoms with Gasteiger partial charge in [0.1, 0.15) is 11.4 Å². The van der Waals surface area contributed by atoms with Gasteiger partial charge >= 0.3 is 0 Å². The van der Waals surface area contributed by atoms with E-state index in [-0.39, 0.29) is 5.69 Å². The second kappa shape index (κ2) is 10.6. The van der Waals surface area contributed by atoms with Gasteiger partial charge in [-0.25, -0.2) is 0 Å². The molecule has 0 saturated heterocycles. The van der Waals surface area contributed by atoms with E-state index in [1.807, 2.05) is 31.2 Å². The van der Waals surface area contributed by atoms with Crippen molar-refractivity contribution in [1.29, 1.82) is 0 Å². The van der Waals surface area contributed by atoms with Gasteiger partial charge in [-0.15, -0.1) is 0 Å². The molecule has 0 fully saturated rings. The maximum Gasteiger partial charge on any atom is 0.292 e. The van der Waals surface area contributed by atoms with Crippen LogP contribution in [0.25, 0.3) is 0 Å². The molecule has 0 aliphatic carbocycles. The lowest BCUT2D eigenvalue weighted by Crippen LogP contribution is -2.39. The molecule has 0 heterocycles. The fourth-order valence-corrected chi connectivity index (χ4v) is 2.51. The molecule has 0 radical (unpaired) electrons. The summed E-state index contributed by atoms with van der Waals surface area (Å²) in [7, 11) is 1.69. The van der Waals surface area contributed by atoms with Crippen molar-refractivity contribution in [1.82, 2.24) is 10.6 Å².